The van der Waals surface area contributed by atoms with Crippen molar-refractivity contribution in [3.8, 4) is 0 Å². The van der Waals surface area contributed by atoms with Gasteiger partial charge in [0, 0.05) is 15.1 Å². The quantitative estimate of drug-likeness (QED) is 0.551. The molecule has 0 bridgehead atoms. The van der Waals surface area contributed by atoms with Crippen LogP contribution in [0.5, 0.6) is 0 Å². The fraction of sp³-hybridized carbons (Fsp3) is 0.118. The van der Waals surface area contributed by atoms with Crippen LogP contribution in [0, 0.1) is 6.92 Å². The van der Waals surface area contributed by atoms with Gasteiger partial charge in [0.15, 0.2) is 0 Å². The van der Waals surface area contributed by atoms with Crippen LogP contribution >= 0.6 is 34.5 Å². The molecule has 0 aliphatic rings. The summed E-state index contributed by atoms with van der Waals surface area (Å²) in [6.07, 6.45) is 0. The largest absolute Gasteiger partial charge is 0.457 e. The Kier molecular flexibility index (Phi) is 4.39. The molecule has 0 fully saturated rings. The van der Waals surface area contributed by atoms with Gasteiger partial charge in [0.1, 0.15) is 11.5 Å². The highest BCUT2D eigenvalue weighted by Gasteiger charge is 2.18. The average Bonchev–Trinajstić information content (AvgIpc) is 2.81. The van der Waals surface area contributed by atoms with Gasteiger partial charge >= 0.3 is 5.97 Å². The van der Waals surface area contributed by atoms with E-state index < -0.39 is 5.97 Å². The summed E-state index contributed by atoms with van der Waals surface area (Å²) in [5.41, 5.74) is 2.08. The lowest BCUT2D eigenvalue weighted by Gasteiger charge is -2.04. The van der Waals surface area contributed by atoms with Gasteiger partial charge in [-0.1, -0.05) is 59.1 Å². The maximum absolute atomic E-state index is 12.2. The second-order valence-corrected chi connectivity index (χ2v) is 6.82. The van der Waals surface area contributed by atoms with Crippen molar-refractivity contribution in [1.29, 1.82) is 0 Å². The van der Waals surface area contributed by atoms with Crippen molar-refractivity contribution in [3.05, 3.63) is 68.5 Å². The number of carbonyl (C=O) groups excluding carboxylic acids is 1. The first-order valence-corrected chi connectivity index (χ1v) is 8.22. The molecule has 0 saturated heterocycles. The van der Waals surface area contributed by atoms with E-state index in [-0.39, 0.29) is 6.61 Å². The van der Waals surface area contributed by atoms with Crippen LogP contribution in [-0.4, -0.2) is 5.97 Å². The van der Waals surface area contributed by atoms with Crippen LogP contribution in [0.4, 0.5) is 0 Å². The average molecular weight is 351 g/mol. The van der Waals surface area contributed by atoms with Gasteiger partial charge in [0.2, 0.25) is 0 Å². The first kappa shape index (κ1) is 15.3. The predicted molar refractivity (Wildman–Crippen MR) is 92.1 cm³/mol. The number of benzene rings is 2. The summed E-state index contributed by atoms with van der Waals surface area (Å²) >= 11 is 13.5. The molecule has 0 amide bonds. The number of ether oxygens (including phenoxy) is 1. The number of carbonyl (C=O) groups is 1. The lowest BCUT2D eigenvalue weighted by molar-refractivity contribution is 0.0479. The number of thiophene rings is 1. The van der Waals surface area contributed by atoms with Gasteiger partial charge < -0.3 is 4.74 Å². The number of esters is 1. The molecule has 5 heteroatoms. The number of fused-ring (bicyclic) bond motifs is 1. The maximum Gasteiger partial charge on any atom is 0.350 e. The first-order valence-electron chi connectivity index (χ1n) is 6.65. The first-order chi connectivity index (χ1) is 10.5. The van der Waals surface area contributed by atoms with E-state index in [4.69, 9.17) is 27.9 Å². The highest BCUT2D eigenvalue weighted by molar-refractivity contribution is 7.21. The summed E-state index contributed by atoms with van der Waals surface area (Å²) in [6, 6.07) is 13.2. The van der Waals surface area contributed by atoms with Crippen molar-refractivity contribution in [2.45, 2.75) is 13.5 Å². The molecule has 22 heavy (non-hydrogen) atoms. The molecule has 1 aromatic heterocycles. The topological polar surface area (TPSA) is 26.3 Å². The highest BCUT2D eigenvalue weighted by Crippen LogP contribution is 2.37. The molecule has 0 unspecified atom stereocenters. The van der Waals surface area contributed by atoms with Crippen molar-refractivity contribution in [3.63, 3.8) is 0 Å². The normalized spacial score (nSPS) is 10.9. The monoisotopic (exact) mass is 350 g/mol. The van der Waals surface area contributed by atoms with Crippen LogP contribution in [0.25, 0.3) is 10.1 Å². The van der Waals surface area contributed by atoms with Gasteiger partial charge in [-0.15, -0.1) is 11.3 Å². The molecule has 0 atom stereocenters. The molecule has 0 spiro atoms. The van der Waals surface area contributed by atoms with E-state index in [9.17, 15) is 4.79 Å². The highest BCUT2D eigenvalue weighted by atomic mass is 35.5. The Labute approximate surface area is 142 Å². The second kappa shape index (κ2) is 6.29. The number of rotatable bonds is 3. The van der Waals surface area contributed by atoms with Crippen LogP contribution in [-0.2, 0) is 11.3 Å². The Bertz CT molecular complexity index is 855. The Balaban J connectivity index is 1.81. The minimum absolute atomic E-state index is 0.228. The van der Waals surface area contributed by atoms with Crippen LogP contribution in [0.3, 0.4) is 0 Å². The third-order valence-corrected chi connectivity index (χ3v) is 5.10. The summed E-state index contributed by atoms with van der Waals surface area (Å²) < 4.78 is 6.24. The van der Waals surface area contributed by atoms with Crippen LogP contribution in [0.15, 0.2) is 42.5 Å². The Morgan fingerprint density at radius 1 is 1.18 bits per heavy atom. The van der Waals surface area contributed by atoms with Gasteiger partial charge in [-0.2, -0.15) is 0 Å². The lowest BCUT2D eigenvalue weighted by atomic mass is 10.1. The minimum atomic E-state index is -0.413. The SMILES string of the molecule is Cc1cccc(COC(=O)c2sc3cc(Cl)ccc3c2Cl)c1. The van der Waals surface area contributed by atoms with Crippen molar-refractivity contribution < 1.29 is 9.53 Å². The molecular formula is C17H12Cl2O2S. The Hall–Kier alpha value is -1.55. The number of hydrogen-bond acceptors (Lipinski definition) is 3. The summed E-state index contributed by atoms with van der Waals surface area (Å²) in [6.45, 7) is 2.23. The fourth-order valence-corrected chi connectivity index (χ4v) is 3.86. The summed E-state index contributed by atoms with van der Waals surface area (Å²) in [5.74, 6) is -0.413. The molecule has 0 radical (unpaired) electrons. The van der Waals surface area contributed by atoms with Gasteiger partial charge in [0.25, 0.3) is 0 Å². The van der Waals surface area contributed by atoms with Crippen molar-refractivity contribution in [1.82, 2.24) is 0 Å². The third-order valence-electron chi connectivity index (χ3n) is 3.23. The van der Waals surface area contributed by atoms with Crippen molar-refractivity contribution in [2.24, 2.45) is 0 Å². The van der Waals surface area contributed by atoms with Crippen molar-refractivity contribution in [2.75, 3.05) is 0 Å². The van der Waals surface area contributed by atoms with E-state index in [0.717, 1.165) is 21.2 Å². The summed E-state index contributed by atoms with van der Waals surface area (Å²) in [7, 11) is 0. The Morgan fingerprint density at radius 2 is 2.00 bits per heavy atom. The molecule has 112 valence electrons. The molecule has 3 aromatic rings. The van der Waals surface area contributed by atoms with E-state index in [0.29, 0.717) is 14.9 Å². The maximum atomic E-state index is 12.2. The van der Waals surface area contributed by atoms with Gasteiger partial charge in [-0.25, -0.2) is 4.79 Å². The zero-order chi connectivity index (χ0) is 15.7. The number of hydrogen-bond donors (Lipinski definition) is 0. The molecule has 3 rings (SSSR count). The predicted octanol–water partition coefficient (Wildman–Crippen LogP) is 5.87. The number of halogens is 2. The van der Waals surface area contributed by atoms with E-state index in [1.165, 1.54) is 11.3 Å². The standard InChI is InChI=1S/C17H12Cl2O2S/c1-10-3-2-4-11(7-10)9-21-17(20)16-15(19)13-6-5-12(18)8-14(13)22-16/h2-8H,9H2,1H3. The van der Waals surface area contributed by atoms with Gasteiger partial charge in [-0.05, 0) is 24.6 Å². The lowest BCUT2D eigenvalue weighted by Crippen LogP contribution is -2.03. The minimum Gasteiger partial charge on any atom is -0.457 e. The molecule has 2 nitrogen and oxygen atoms in total. The van der Waals surface area contributed by atoms with Crippen molar-refractivity contribution >= 4 is 50.6 Å². The molecule has 0 N–H and O–H groups in total. The summed E-state index contributed by atoms with van der Waals surface area (Å²) in [5, 5.41) is 1.86. The van der Waals surface area contributed by atoms with Crippen LogP contribution in [0.1, 0.15) is 20.8 Å². The summed E-state index contributed by atoms with van der Waals surface area (Å²) in [4.78, 5) is 12.7. The second-order valence-electron chi connectivity index (χ2n) is 4.95. The zero-order valence-electron chi connectivity index (χ0n) is 11.7. The molecule has 0 saturated carbocycles. The smallest absolute Gasteiger partial charge is 0.350 e. The van der Waals surface area contributed by atoms with E-state index in [1.54, 1.807) is 12.1 Å². The molecule has 2 aromatic carbocycles. The van der Waals surface area contributed by atoms with E-state index in [2.05, 4.69) is 0 Å². The van der Waals surface area contributed by atoms with E-state index >= 15 is 0 Å². The number of aryl methyl sites for hydroxylation is 1. The van der Waals surface area contributed by atoms with Gasteiger partial charge in [-0.3, -0.25) is 0 Å². The zero-order valence-corrected chi connectivity index (χ0v) is 14.1. The van der Waals surface area contributed by atoms with Crippen LogP contribution in [0.2, 0.25) is 10.0 Å². The molecule has 0 aliphatic heterocycles. The fourth-order valence-electron chi connectivity index (χ4n) is 2.19. The third kappa shape index (κ3) is 3.12. The van der Waals surface area contributed by atoms with E-state index in [1.807, 2.05) is 37.3 Å². The Morgan fingerprint density at radius 3 is 2.77 bits per heavy atom. The molecular weight excluding hydrogens is 339 g/mol. The van der Waals surface area contributed by atoms with Crippen LogP contribution < -0.4 is 0 Å². The van der Waals surface area contributed by atoms with Gasteiger partial charge in [0.05, 0.1) is 5.02 Å². The molecule has 0 aliphatic carbocycles. The molecule has 1 heterocycles.